The number of aryl methyl sites for hydroxylation is 2. The molecule has 3 rings (SSSR count). The standard InChI is InChI=1S/C17H20N2O2/c1-11-3-6-15(21-11)10-18-12(2)13-4-7-16-14(9-13)5-8-17(20)19-16/h3-4,6-7,9,12,18H,5,8,10H2,1-2H3,(H,19,20)/t12-/m1/s1. The van der Waals surface area contributed by atoms with Crippen LogP contribution in [-0.4, -0.2) is 5.91 Å². The van der Waals surface area contributed by atoms with E-state index in [0.29, 0.717) is 13.0 Å². The van der Waals surface area contributed by atoms with Crippen LogP contribution in [0.2, 0.25) is 0 Å². The zero-order valence-electron chi connectivity index (χ0n) is 12.4. The number of benzene rings is 1. The Balaban J connectivity index is 1.67. The number of carbonyl (C=O) groups excluding carboxylic acids is 1. The molecule has 0 saturated carbocycles. The first-order valence-corrected chi connectivity index (χ1v) is 7.33. The van der Waals surface area contributed by atoms with Gasteiger partial charge in [-0.1, -0.05) is 12.1 Å². The Bertz CT molecular complexity index is 661. The molecule has 1 atom stereocenters. The average molecular weight is 284 g/mol. The third-order valence-electron chi connectivity index (χ3n) is 3.90. The van der Waals surface area contributed by atoms with Crippen LogP contribution >= 0.6 is 0 Å². The fourth-order valence-electron chi connectivity index (χ4n) is 2.62. The van der Waals surface area contributed by atoms with Gasteiger partial charge in [0, 0.05) is 18.2 Å². The highest BCUT2D eigenvalue weighted by molar-refractivity contribution is 5.93. The number of anilines is 1. The summed E-state index contributed by atoms with van der Waals surface area (Å²) >= 11 is 0. The molecule has 4 nitrogen and oxygen atoms in total. The van der Waals surface area contributed by atoms with E-state index in [4.69, 9.17) is 4.42 Å². The highest BCUT2D eigenvalue weighted by Crippen LogP contribution is 2.26. The smallest absolute Gasteiger partial charge is 0.224 e. The summed E-state index contributed by atoms with van der Waals surface area (Å²) in [7, 11) is 0. The first kappa shape index (κ1) is 13.9. The Morgan fingerprint density at radius 3 is 2.90 bits per heavy atom. The second-order valence-corrected chi connectivity index (χ2v) is 5.58. The van der Waals surface area contributed by atoms with Crippen LogP contribution in [0.1, 0.15) is 42.0 Å². The molecule has 0 saturated heterocycles. The zero-order chi connectivity index (χ0) is 14.8. The second kappa shape index (κ2) is 5.74. The molecular formula is C17H20N2O2. The van der Waals surface area contributed by atoms with Crippen molar-refractivity contribution >= 4 is 11.6 Å². The van der Waals surface area contributed by atoms with E-state index in [1.54, 1.807) is 0 Å². The lowest BCUT2D eigenvalue weighted by Gasteiger charge is -2.20. The average Bonchev–Trinajstić information content (AvgIpc) is 2.90. The second-order valence-electron chi connectivity index (χ2n) is 5.58. The third kappa shape index (κ3) is 3.16. The highest BCUT2D eigenvalue weighted by atomic mass is 16.3. The van der Waals surface area contributed by atoms with Gasteiger partial charge in [-0.25, -0.2) is 0 Å². The molecular weight excluding hydrogens is 264 g/mol. The topological polar surface area (TPSA) is 54.3 Å². The summed E-state index contributed by atoms with van der Waals surface area (Å²) < 4.78 is 5.56. The maximum atomic E-state index is 11.4. The van der Waals surface area contributed by atoms with Crippen LogP contribution in [0.4, 0.5) is 5.69 Å². The lowest BCUT2D eigenvalue weighted by atomic mass is 9.98. The van der Waals surface area contributed by atoms with Crippen LogP contribution in [0.3, 0.4) is 0 Å². The first-order chi connectivity index (χ1) is 10.1. The monoisotopic (exact) mass is 284 g/mol. The van der Waals surface area contributed by atoms with Crippen molar-refractivity contribution in [1.29, 1.82) is 0 Å². The van der Waals surface area contributed by atoms with Crippen LogP contribution in [0.25, 0.3) is 0 Å². The van der Waals surface area contributed by atoms with E-state index in [2.05, 4.69) is 29.7 Å². The molecule has 1 aliphatic heterocycles. The summed E-state index contributed by atoms with van der Waals surface area (Å²) in [6, 6.07) is 10.4. The van der Waals surface area contributed by atoms with Crippen molar-refractivity contribution < 1.29 is 9.21 Å². The van der Waals surface area contributed by atoms with E-state index in [-0.39, 0.29) is 11.9 Å². The van der Waals surface area contributed by atoms with Gasteiger partial charge >= 0.3 is 0 Å². The minimum Gasteiger partial charge on any atom is -0.465 e. The van der Waals surface area contributed by atoms with Gasteiger partial charge in [0.1, 0.15) is 11.5 Å². The summed E-state index contributed by atoms with van der Waals surface area (Å²) in [6.45, 7) is 4.80. The molecule has 21 heavy (non-hydrogen) atoms. The Kier molecular flexibility index (Phi) is 3.80. The van der Waals surface area contributed by atoms with E-state index in [1.807, 2.05) is 25.1 Å². The third-order valence-corrected chi connectivity index (χ3v) is 3.90. The number of amides is 1. The molecule has 1 aliphatic rings. The minimum atomic E-state index is 0.106. The molecule has 0 fully saturated rings. The Hall–Kier alpha value is -2.07. The van der Waals surface area contributed by atoms with Gasteiger partial charge < -0.3 is 15.1 Å². The summed E-state index contributed by atoms with van der Waals surface area (Å²) in [5.74, 6) is 1.99. The molecule has 0 bridgehead atoms. The van der Waals surface area contributed by atoms with Crippen molar-refractivity contribution in [2.24, 2.45) is 0 Å². The molecule has 1 amide bonds. The molecule has 2 heterocycles. The summed E-state index contributed by atoms with van der Waals surface area (Å²) in [4.78, 5) is 11.4. The van der Waals surface area contributed by atoms with E-state index in [0.717, 1.165) is 23.6 Å². The van der Waals surface area contributed by atoms with Gasteiger partial charge in [0.15, 0.2) is 0 Å². The van der Waals surface area contributed by atoms with E-state index in [1.165, 1.54) is 11.1 Å². The summed E-state index contributed by atoms with van der Waals surface area (Å²) in [5, 5.41) is 6.38. The number of fused-ring (bicyclic) bond motifs is 1. The van der Waals surface area contributed by atoms with Crippen molar-refractivity contribution in [2.45, 2.75) is 39.3 Å². The van der Waals surface area contributed by atoms with Crippen LogP contribution in [-0.2, 0) is 17.8 Å². The highest BCUT2D eigenvalue weighted by Gasteiger charge is 2.16. The SMILES string of the molecule is Cc1ccc(CN[C@H](C)c2ccc3c(c2)CCC(=O)N3)o1. The van der Waals surface area contributed by atoms with Crippen molar-refractivity contribution in [2.75, 3.05) is 5.32 Å². The van der Waals surface area contributed by atoms with E-state index in [9.17, 15) is 4.79 Å². The lowest BCUT2D eigenvalue weighted by molar-refractivity contribution is -0.116. The first-order valence-electron chi connectivity index (χ1n) is 7.33. The molecule has 4 heteroatoms. The van der Waals surface area contributed by atoms with E-state index >= 15 is 0 Å². The molecule has 1 aromatic heterocycles. The van der Waals surface area contributed by atoms with Crippen molar-refractivity contribution in [3.8, 4) is 0 Å². The van der Waals surface area contributed by atoms with Crippen LogP contribution in [0.5, 0.6) is 0 Å². The predicted octanol–water partition coefficient (Wildman–Crippen LogP) is 3.32. The number of carbonyl (C=O) groups is 1. The Labute approximate surface area is 124 Å². The van der Waals surface area contributed by atoms with Crippen molar-refractivity contribution in [1.82, 2.24) is 5.32 Å². The molecule has 110 valence electrons. The van der Waals surface area contributed by atoms with Gasteiger partial charge in [-0.2, -0.15) is 0 Å². The minimum absolute atomic E-state index is 0.106. The van der Waals surface area contributed by atoms with Gasteiger partial charge in [0.05, 0.1) is 6.54 Å². The van der Waals surface area contributed by atoms with Crippen LogP contribution in [0.15, 0.2) is 34.7 Å². The number of nitrogens with one attached hydrogen (secondary N) is 2. The molecule has 2 aromatic rings. The summed E-state index contributed by atoms with van der Waals surface area (Å²) in [6.07, 6.45) is 1.39. The van der Waals surface area contributed by atoms with Gasteiger partial charge in [-0.15, -0.1) is 0 Å². The maximum absolute atomic E-state index is 11.4. The largest absolute Gasteiger partial charge is 0.465 e. The van der Waals surface area contributed by atoms with E-state index < -0.39 is 0 Å². The molecule has 0 spiro atoms. The molecule has 0 aliphatic carbocycles. The number of rotatable bonds is 4. The summed E-state index contributed by atoms with van der Waals surface area (Å²) in [5.41, 5.74) is 3.40. The number of hydrogen-bond acceptors (Lipinski definition) is 3. The normalized spacial score (nSPS) is 15.4. The Morgan fingerprint density at radius 2 is 2.14 bits per heavy atom. The molecule has 0 unspecified atom stereocenters. The van der Waals surface area contributed by atoms with Crippen molar-refractivity contribution in [3.63, 3.8) is 0 Å². The van der Waals surface area contributed by atoms with Gasteiger partial charge in [-0.05, 0) is 49.6 Å². The predicted molar refractivity (Wildman–Crippen MR) is 82.1 cm³/mol. The van der Waals surface area contributed by atoms with Crippen LogP contribution in [0, 0.1) is 6.92 Å². The fraction of sp³-hybridized carbons (Fsp3) is 0.353. The van der Waals surface area contributed by atoms with Gasteiger partial charge in [0.2, 0.25) is 5.91 Å². The van der Waals surface area contributed by atoms with Crippen molar-refractivity contribution in [3.05, 3.63) is 53.0 Å². The quantitative estimate of drug-likeness (QED) is 0.905. The Morgan fingerprint density at radius 1 is 1.29 bits per heavy atom. The maximum Gasteiger partial charge on any atom is 0.224 e. The lowest BCUT2D eigenvalue weighted by Crippen LogP contribution is -2.21. The molecule has 0 radical (unpaired) electrons. The number of hydrogen-bond donors (Lipinski definition) is 2. The van der Waals surface area contributed by atoms with Gasteiger partial charge in [0.25, 0.3) is 0 Å². The van der Waals surface area contributed by atoms with Crippen LogP contribution < -0.4 is 10.6 Å². The van der Waals surface area contributed by atoms with Gasteiger partial charge in [-0.3, -0.25) is 4.79 Å². The number of furan rings is 1. The fourth-order valence-corrected chi connectivity index (χ4v) is 2.62. The molecule has 2 N–H and O–H groups in total. The zero-order valence-corrected chi connectivity index (χ0v) is 12.4. The molecule has 1 aromatic carbocycles.